The molecule has 10 heteroatoms. The predicted molar refractivity (Wildman–Crippen MR) is 141 cm³/mol. The van der Waals surface area contributed by atoms with Gasteiger partial charge >= 0.3 is 5.97 Å². The average Bonchev–Trinajstić information content (AvgIpc) is 2.95. The van der Waals surface area contributed by atoms with Crippen molar-refractivity contribution >= 4 is 34.5 Å². The number of carboxylic acid groups (broad SMARTS) is 1. The van der Waals surface area contributed by atoms with E-state index in [0.29, 0.717) is 54.2 Å². The van der Waals surface area contributed by atoms with Gasteiger partial charge in [-0.1, -0.05) is 6.07 Å². The first kappa shape index (κ1) is 25.5. The number of hydrogen-bond acceptors (Lipinski definition) is 8. The van der Waals surface area contributed by atoms with E-state index in [1.54, 1.807) is 24.4 Å². The van der Waals surface area contributed by atoms with Crippen molar-refractivity contribution < 1.29 is 28.9 Å². The van der Waals surface area contributed by atoms with E-state index in [4.69, 9.17) is 19.3 Å². The minimum absolute atomic E-state index is 0.0447. The van der Waals surface area contributed by atoms with Crippen molar-refractivity contribution in [1.82, 2.24) is 15.3 Å². The Morgan fingerprint density at radius 2 is 1.89 bits per heavy atom. The van der Waals surface area contributed by atoms with Crippen molar-refractivity contribution in [2.75, 3.05) is 25.6 Å². The van der Waals surface area contributed by atoms with Crippen LogP contribution in [0.1, 0.15) is 36.9 Å². The smallest absolute Gasteiger partial charge is 0.328 e. The normalized spacial score (nSPS) is 18.9. The van der Waals surface area contributed by atoms with E-state index in [0.717, 1.165) is 48.6 Å². The van der Waals surface area contributed by atoms with E-state index in [1.807, 2.05) is 12.1 Å². The number of methoxy groups -OCH3 is 1. The highest BCUT2D eigenvalue weighted by Gasteiger charge is 2.27. The van der Waals surface area contributed by atoms with E-state index in [9.17, 15) is 9.59 Å². The lowest BCUT2D eigenvalue weighted by molar-refractivity contribution is -0.131. The van der Waals surface area contributed by atoms with E-state index in [2.05, 4.69) is 20.6 Å². The topological polar surface area (TPSA) is 132 Å². The van der Waals surface area contributed by atoms with Gasteiger partial charge in [-0.2, -0.15) is 0 Å². The fraction of sp³-hybridized carbons (Fsp3) is 0.357. The van der Waals surface area contributed by atoms with Crippen LogP contribution in [0.2, 0.25) is 0 Å². The fourth-order valence-corrected chi connectivity index (χ4v) is 4.87. The standard InChI is InChI=1S/C28H30N4O6/c1-36-25-10-8-21-17(5-11-26(33)34)4-9-22(27(21)32-25)31-28(35)18-2-6-19(7-3-18)29-15-20-14-23-24(16-30-20)38-13-12-37-23/h4-5,8-11,14,16,18-19,29H,2-3,6-7,12-13,15H2,1H3,(H,31,35)(H,33,34)/b11-5+. The molecule has 1 aliphatic heterocycles. The van der Waals surface area contributed by atoms with Gasteiger partial charge in [0.15, 0.2) is 11.5 Å². The maximum absolute atomic E-state index is 13.2. The third kappa shape index (κ3) is 5.86. The zero-order chi connectivity index (χ0) is 26.5. The van der Waals surface area contributed by atoms with Crippen LogP contribution in [0.15, 0.2) is 42.6 Å². The SMILES string of the molecule is COc1ccc2c(/C=C/C(=O)O)ccc(NC(=O)C3CCC(NCc4cc5c(cn4)OCCO5)CC3)c2n1. The summed E-state index contributed by atoms with van der Waals surface area (Å²) in [6.07, 6.45) is 7.60. The molecule has 0 spiro atoms. The molecule has 2 aliphatic rings. The van der Waals surface area contributed by atoms with E-state index in [-0.39, 0.29) is 11.8 Å². The second-order valence-corrected chi connectivity index (χ2v) is 9.36. The third-order valence-corrected chi connectivity index (χ3v) is 6.89. The summed E-state index contributed by atoms with van der Waals surface area (Å²) in [5.41, 5.74) is 2.70. The molecule has 1 saturated carbocycles. The molecular weight excluding hydrogens is 488 g/mol. The highest BCUT2D eigenvalue weighted by Crippen LogP contribution is 2.32. The van der Waals surface area contributed by atoms with Gasteiger partial charge in [0.25, 0.3) is 0 Å². The molecule has 0 atom stereocenters. The van der Waals surface area contributed by atoms with Crippen LogP contribution < -0.4 is 24.8 Å². The lowest BCUT2D eigenvalue weighted by atomic mass is 9.85. The minimum Gasteiger partial charge on any atom is -0.486 e. The Morgan fingerprint density at radius 1 is 1.11 bits per heavy atom. The van der Waals surface area contributed by atoms with Crippen molar-refractivity contribution in [3.8, 4) is 17.4 Å². The second-order valence-electron chi connectivity index (χ2n) is 9.36. The van der Waals surface area contributed by atoms with Gasteiger partial charge in [-0.15, -0.1) is 0 Å². The first-order valence-electron chi connectivity index (χ1n) is 12.7. The molecular formula is C28H30N4O6. The van der Waals surface area contributed by atoms with Gasteiger partial charge in [-0.05, 0) is 49.5 Å². The Balaban J connectivity index is 1.20. The van der Waals surface area contributed by atoms with Crippen molar-refractivity contribution in [3.05, 3.63) is 53.9 Å². The molecule has 3 N–H and O–H groups in total. The summed E-state index contributed by atoms with van der Waals surface area (Å²) >= 11 is 0. The molecule has 0 radical (unpaired) electrons. The summed E-state index contributed by atoms with van der Waals surface area (Å²) in [4.78, 5) is 33.1. The van der Waals surface area contributed by atoms with Crippen molar-refractivity contribution in [2.45, 2.75) is 38.3 Å². The first-order chi connectivity index (χ1) is 18.5. The van der Waals surface area contributed by atoms with Crippen LogP contribution in [0.25, 0.3) is 17.0 Å². The van der Waals surface area contributed by atoms with Gasteiger partial charge in [-0.25, -0.2) is 9.78 Å². The van der Waals surface area contributed by atoms with E-state index < -0.39 is 5.97 Å². The number of amides is 1. The van der Waals surface area contributed by atoms with Crippen LogP contribution in [-0.2, 0) is 16.1 Å². The molecule has 3 aromatic rings. The molecule has 1 aromatic carbocycles. The monoisotopic (exact) mass is 518 g/mol. The van der Waals surface area contributed by atoms with Crippen LogP contribution in [0, 0.1) is 5.92 Å². The number of carboxylic acids is 1. The number of ether oxygens (including phenoxy) is 3. The summed E-state index contributed by atoms with van der Waals surface area (Å²) in [6, 6.07) is 9.27. The molecule has 3 heterocycles. The van der Waals surface area contributed by atoms with Crippen molar-refractivity contribution in [2.24, 2.45) is 5.92 Å². The largest absolute Gasteiger partial charge is 0.486 e. The van der Waals surface area contributed by atoms with Crippen molar-refractivity contribution in [3.63, 3.8) is 0 Å². The number of hydrogen-bond donors (Lipinski definition) is 3. The lowest BCUT2D eigenvalue weighted by Crippen LogP contribution is -2.36. The quantitative estimate of drug-likeness (QED) is 0.381. The summed E-state index contributed by atoms with van der Waals surface area (Å²) in [6.45, 7) is 1.71. The van der Waals surface area contributed by atoms with Crippen LogP contribution in [0.4, 0.5) is 5.69 Å². The molecule has 0 bridgehead atoms. The maximum atomic E-state index is 13.2. The highest BCUT2D eigenvalue weighted by atomic mass is 16.6. The number of nitrogens with one attached hydrogen (secondary N) is 2. The molecule has 10 nitrogen and oxygen atoms in total. The molecule has 1 aliphatic carbocycles. The van der Waals surface area contributed by atoms with Crippen molar-refractivity contribution in [1.29, 1.82) is 0 Å². The lowest BCUT2D eigenvalue weighted by Gasteiger charge is -2.28. The van der Waals surface area contributed by atoms with Gasteiger partial charge < -0.3 is 30.0 Å². The third-order valence-electron chi connectivity index (χ3n) is 6.89. The highest BCUT2D eigenvalue weighted by molar-refractivity contribution is 6.04. The number of aromatic nitrogens is 2. The van der Waals surface area contributed by atoms with Gasteiger partial charge in [0.2, 0.25) is 11.8 Å². The molecule has 5 rings (SSSR count). The number of nitrogens with zero attached hydrogens (tertiary/aromatic N) is 2. The van der Waals surface area contributed by atoms with Crippen LogP contribution in [-0.4, -0.2) is 53.3 Å². The maximum Gasteiger partial charge on any atom is 0.328 e. The number of carbonyl (C=O) groups is 2. The molecule has 198 valence electrons. The number of rotatable bonds is 8. The Morgan fingerprint density at radius 3 is 2.66 bits per heavy atom. The number of aliphatic carboxylic acids is 1. The summed E-state index contributed by atoms with van der Waals surface area (Å²) in [5, 5.41) is 16.3. The molecule has 0 unspecified atom stereocenters. The Hall–Kier alpha value is -4.18. The van der Waals surface area contributed by atoms with Crippen LogP contribution in [0.3, 0.4) is 0 Å². The van der Waals surface area contributed by atoms with Gasteiger partial charge in [0.05, 0.1) is 30.2 Å². The summed E-state index contributed by atoms with van der Waals surface area (Å²) < 4.78 is 16.4. The number of anilines is 1. The average molecular weight is 519 g/mol. The van der Waals surface area contributed by atoms with Gasteiger partial charge in [0.1, 0.15) is 13.2 Å². The molecule has 1 amide bonds. The zero-order valence-electron chi connectivity index (χ0n) is 21.1. The van der Waals surface area contributed by atoms with Gasteiger partial charge in [0, 0.05) is 42.1 Å². The Labute approximate surface area is 220 Å². The Bertz CT molecular complexity index is 1370. The summed E-state index contributed by atoms with van der Waals surface area (Å²) in [5.74, 6) is 0.633. The number of carbonyl (C=O) groups excluding carboxylic acids is 1. The number of benzene rings is 1. The van der Waals surface area contributed by atoms with Crippen LogP contribution in [0.5, 0.6) is 17.4 Å². The fourth-order valence-electron chi connectivity index (χ4n) is 4.87. The zero-order valence-corrected chi connectivity index (χ0v) is 21.1. The van der Waals surface area contributed by atoms with E-state index >= 15 is 0 Å². The molecule has 2 aromatic heterocycles. The number of pyridine rings is 2. The van der Waals surface area contributed by atoms with E-state index in [1.165, 1.54) is 13.2 Å². The van der Waals surface area contributed by atoms with Gasteiger partial charge in [-0.3, -0.25) is 9.78 Å². The summed E-state index contributed by atoms with van der Waals surface area (Å²) in [7, 11) is 1.52. The molecule has 1 fully saturated rings. The molecule has 38 heavy (non-hydrogen) atoms. The second kappa shape index (κ2) is 11.5. The van der Waals surface area contributed by atoms with Crippen LogP contribution >= 0.6 is 0 Å². The minimum atomic E-state index is -1.04. The predicted octanol–water partition coefficient (Wildman–Crippen LogP) is 3.79. The molecule has 0 saturated heterocycles. The Kier molecular flexibility index (Phi) is 7.69. The first-order valence-corrected chi connectivity index (χ1v) is 12.7. The number of fused-ring (bicyclic) bond motifs is 2.